The predicted molar refractivity (Wildman–Crippen MR) is 128 cm³/mol. The number of aromatic carboxylic acids is 2. The SMILES string of the molecule is O=C([O-])c1ccc2c(c1)C(=O)c1ccccc1C2=O.O=C([O-])c1ccc2c(c1)C(=O)c1ccccc1C2=O.[Co+2]. The van der Waals surface area contributed by atoms with Gasteiger partial charge in [-0.3, -0.25) is 19.2 Å². The van der Waals surface area contributed by atoms with Gasteiger partial charge in [0, 0.05) is 44.5 Å². The molecule has 0 spiro atoms. The molecule has 0 unspecified atom stereocenters. The van der Waals surface area contributed by atoms with Crippen molar-refractivity contribution in [3.8, 4) is 0 Å². The first-order chi connectivity index (χ1) is 18.2. The molecule has 2 aliphatic rings. The molecule has 0 saturated carbocycles. The van der Waals surface area contributed by atoms with Crippen molar-refractivity contribution in [1.82, 2.24) is 0 Å². The Morgan fingerprint density at radius 1 is 0.410 bits per heavy atom. The summed E-state index contributed by atoms with van der Waals surface area (Å²) in [5.41, 5.74) is 1.77. The van der Waals surface area contributed by atoms with Gasteiger partial charge in [-0.15, -0.1) is 0 Å². The number of carboxylic acids is 2. The zero-order valence-electron chi connectivity index (χ0n) is 19.7. The normalized spacial score (nSPS) is 12.5. The van der Waals surface area contributed by atoms with Crippen molar-refractivity contribution in [3.05, 3.63) is 141 Å². The Hall–Kier alpha value is -4.99. The van der Waals surface area contributed by atoms with E-state index in [0.717, 1.165) is 0 Å². The standard InChI is InChI=1S/2C15H8O4.Co/c2*16-13-9-3-1-2-4-10(9)14(17)12-7-8(15(18)19)5-6-11(12)13;/h2*1-7H,(H,18,19);/q;;+2/p-2. The van der Waals surface area contributed by atoms with E-state index in [2.05, 4.69) is 0 Å². The number of carbonyl (C=O) groups is 6. The zero-order chi connectivity index (χ0) is 27.1. The molecule has 4 aromatic rings. The number of carbonyl (C=O) groups excluding carboxylic acids is 6. The molecular weight excluding hydrogens is 547 g/mol. The minimum absolute atomic E-state index is 0. The molecule has 0 N–H and O–H groups in total. The Morgan fingerprint density at radius 2 is 0.667 bits per heavy atom. The second kappa shape index (κ2) is 10.4. The van der Waals surface area contributed by atoms with Gasteiger partial charge >= 0.3 is 16.8 Å². The molecule has 8 nitrogen and oxygen atoms in total. The molecule has 39 heavy (non-hydrogen) atoms. The fourth-order valence-corrected chi connectivity index (χ4v) is 4.45. The van der Waals surface area contributed by atoms with Crippen molar-refractivity contribution >= 4 is 35.1 Å². The summed E-state index contributed by atoms with van der Waals surface area (Å²) in [5.74, 6) is -3.96. The second-order valence-corrected chi connectivity index (χ2v) is 8.50. The largest absolute Gasteiger partial charge is 2.00 e. The average molecular weight is 561 g/mol. The summed E-state index contributed by atoms with van der Waals surface area (Å²) in [6.45, 7) is 0. The number of benzene rings is 4. The van der Waals surface area contributed by atoms with Gasteiger partial charge < -0.3 is 19.8 Å². The van der Waals surface area contributed by atoms with Crippen molar-refractivity contribution in [1.29, 1.82) is 0 Å². The summed E-state index contributed by atoms with van der Waals surface area (Å²) in [6, 6.07) is 20.6. The molecule has 0 aromatic heterocycles. The number of hydrogen-bond donors (Lipinski definition) is 0. The van der Waals surface area contributed by atoms with Crippen LogP contribution in [0, 0.1) is 0 Å². The topological polar surface area (TPSA) is 149 Å². The van der Waals surface area contributed by atoms with Gasteiger partial charge in [-0.1, -0.05) is 60.7 Å². The number of fused-ring (bicyclic) bond motifs is 4. The van der Waals surface area contributed by atoms with Crippen LogP contribution in [0.4, 0.5) is 0 Å². The Bertz CT molecular complexity index is 1620. The number of carboxylic acid groups (broad SMARTS) is 2. The van der Waals surface area contributed by atoms with Gasteiger partial charge in [-0.05, 0) is 35.4 Å². The minimum atomic E-state index is -1.37. The molecule has 6 rings (SSSR count). The second-order valence-electron chi connectivity index (χ2n) is 8.50. The molecule has 9 heteroatoms. The van der Waals surface area contributed by atoms with Crippen LogP contribution in [-0.2, 0) is 16.8 Å². The number of rotatable bonds is 2. The molecule has 0 atom stereocenters. The zero-order valence-corrected chi connectivity index (χ0v) is 20.7. The Balaban J connectivity index is 0.000000176. The van der Waals surface area contributed by atoms with Crippen LogP contribution in [0.5, 0.6) is 0 Å². The number of ketones is 4. The van der Waals surface area contributed by atoms with Crippen molar-refractivity contribution < 1.29 is 55.8 Å². The maximum Gasteiger partial charge on any atom is 2.00 e. The van der Waals surface area contributed by atoms with Crippen LogP contribution < -0.4 is 10.2 Å². The van der Waals surface area contributed by atoms with Crippen LogP contribution in [0.1, 0.15) is 84.4 Å². The first-order valence-corrected chi connectivity index (χ1v) is 11.3. The molecule has 2 aliphatic carbocycles. The third-order valence-electron chi connectivity index (χ3n) is 6.32. The van der Waals surface area contributed by atoms with Crippen LogP contribution in [0.25, 0.3) is 0 Å². The van der Waals surface area contributed by atoms with Crippen molar-refractivity contribution in [3.63, 3.8) is 0 Å². The third kappa shape index (κ3) is 4.61. The smallest absolute Gasteiger partial charge is 0.545 e. The number of hydrogen-bond acceptors (Lipinski definition) is 8. The Morgan fingerprint density at radius 3 is 0.949 bits per heavy atom. The fourth-order valence-electron chi connectivity index (χ4n) is 4.45. The van der Waals surface area contributed by atoms with Gasteiger partial charge in [0.1, 0.15) is 0 Å². The van der Waals surface area contributed by atoms with E-state index in [1.54, 1.807) is 48.5 Å². The average Bonchev–Trinajstić information content (AvgIpc) is 2.94. The first kappa shape index (κ1) is 27.1. The summed E-state index contributed by atoms with van der Waals surface area (Å²) in [5, 5.41) is 21.6. The van der Waals surface area contributed by atoms with Crippen molar-refractivity contribution in [2.24, 2.45) is 0 Å². The molecule has 0 saturated heterocycles. The van der Waals surface area contributed by atoms with Gasteiger partial charge in [0.05, 0.1) is 11.9 Å². The van der Waals surface area contributed by atoms with Gasteiger partial charge in [0.2, 0.25) is 0 Å². The molecular formula is C30H14CoO8. The van der Waals surface area contributed by atoms with E-state index in [0.29, 0.717) is 22.3 Å². The summed E-state index contributed by atoms with van der Waals surface area (Å²) < 4.78 is 0. The third-order valence-corrected chi connectivity index (χ3v) is 6.32. The Labute approximate surface area is 231 Å². The molecule has 191 valence electrons. The summed E-state index contributed by atoms with van der Waals surface area (Å²) in [6.07, 6.45) is 0. The van der Waals surface area contributed by atoms with E-state index in [4.69, 9.17) is 0 Å². The van der Waals surface area contributed by atoms with E-state index in [9.17, 15) is 39.0 Å². The first-order valence-electron chi connectivity index (χ1n) is 11.3. The van der Waals surface area contributed by atoms with Crippen LogP contribution in [0.15, 0.2) is 84.9 Å². The van der Waals surface area contributed by atoms with E-state index < -0.39 is 11.9 Å². The van der Waals surface area contributed by atoms with E-state index in [-0.39, 0.29) is 73.3 Å². The molecule has 0 amide bonds. The molecule has 1 radical (unpaired) electrons. The van der Waals surface area contributed by atoms with Crippen LogP contribution in [0.2, 0.25) is 0 Å². The molecule has 0 bridgehead atoms. The van der Waals surface area contributed by atoms with Gasteiger partial charge in [-0.25, -0.2) is 0 Å². The van der Waals surface area contributed by atoms with Gasteiger partial charge in [-0.2, -0.15) is 0 Å². The van der Waals surface area contributed by atoms with Crippen LogP contribution in [-0.4, -0.2) is 35.1 Å². The molecule has 0 aliphatic heterocycles. The molecule has 4 aromatic carbocycles. The maximum atomic E-state index is 12.3. The van der Waals surface area contributed by atoms with E-state index in [1.165, 1.54) is 36.4 Å². The quantitative estimate of drug-likeness (QED) is 0.310. The maximum absolute atomic E-state index is 12.3. The van der Waals surface area contributed by atoms with E-state index in [1.807, 2.05) is 0 Å². The molecule has 0 heterocycles. The van der Waals surface area contributed by atoms with Gasteiger partial charge in [0.25, 0.3) is 0 Å². The minimum Gasteiger partial charge on any atom is -0.545 e. The molecule has 0 fully saturated rings. The summed E-state index contributed by atoms with van der Waals surface area (Å²) in [4.78, 5) is 70.6. The van der Waals surface area contributed by atoms with Crippen molar-refractivity contribution in [2.45, 2.75) is 0 Å². The van der Waals surface area contributed by atoms with E-state index >= 15 is 0 Å². The summed E-state index contributed by atoms with van der Waals surface area (Å²) in [7, 11) is 0. The van der Waals surface area contributed by atoms with Crippen LogP contribution in [0.3, 0.4) is 0 Å². The van der Waals surface area contributed by atoms with Gasteiger partial charge in [0.15, 0.2) is 23.1 Å². The van der Waals surface area contributed by atoms with Crippen LogP contribution >= 0.6 is 0 Å². The fraction of sp³-hybridized carbons (Fsp3) is 0. The predicted octanol–water partition coefficient (Wildman–Crippen LogP) is 1.65. The Kier molecular flexibility index (Phi) is 7.22. The monoisotopic (exact) mass is 561 g/mol. The van der Waals surface area contributed by atoms with Crippen molar-refractivity contribution in [2.75, 3.05) is 0 Å². The summed E-state index contributed by atoms with van der Waals surface area (Å²) >= 11 is 0.